The Morgan fingerprint density at radius 1 is 1.05 bits per heavy atom. The van der Waals surface area contributed by atoms with Crippen LogP contribution in [0.25, 0.3) is 0 Å². The number of aryl methyl sites for hydroxylation is 1. The number of hydrogen-bond acceptors (Lipinski definition) is 3. The molecule has 5 heteroatoms. The van der Waals surface area contributed by atoms with E-state index in [2.05, 4.69) is 0 Å². The van der Waals surface area contributed by atoms with E-state index < -0.39 is 21.7 Å². The molecule has 20 heavy (non-hydrogen) atoms. The van der Waals surface area contributed by atoms with Crippen LogP contribution in [0.2, 0.25) is 5.02 Å². The SMILES string of the molecule is Cc1ccc(S(=O)(=O)C(CO)c2ccc(Cl)cc2)cc1. The lowest BCUT2D eigenvalue weighted by Gasteiger charge is -2.16. The van der Waals surface area contributed by atoms with Gasteiger partial charge in [-0.3, -0.25) is 0 Å². The predicted octanol–water partition coefficient (Wildman–Crippen LogP) is 3.16. The highest BCUT2D eigenvalue weighted by molar-refractivity contribution is 7.91. The van der Waals surface area contributed by atoms with E-state index in [1.165, 1.54) is 0 Å². The first-order valence-electron chi connectivity index (χ1n) is 6.12. The highest BCUT2D eigenvalue weighted by Crippen LogP contribution is 2.29. The Balaban J connectivity index is 2.44. The fraction of sp³-hybridized carbons (Fsp3) is 0.200. The summed E-state index contributed by atoms with van der Waals surface area (Å²) in [6.45, 7) is 1.41. The molecule has 0 aliphatic heterocycles. The molecule has 106 valence electrons. The Morgan fingerprint density at radius 3 is 2.10 bits per heavy atom. The van der Waals surface area contributed by atoms with Crippen molar-refractivity contribution in [1.29, 1.82) is 0 Å². The van der Waals surface area contributed by atoms with E-state index in [0.29, 0.717) is 10.6 Å². The van der Waals surface area contributed by atoms with Gasteiger partial charge in [0.25, 0.3) is 0 Å². The van der Waals surface area contributed by atoms with Gasteiger partial charge >= 0.3 is 0 Å². The van der Waals surface area contributed by atoms with Crippen molar-refractivity contribution < 1.29 is 13.5 Å². The number of aliphatic hydroxyl groups excluding tert-OH is 1. The molecule has 0 aliphatic rings. The predicted molar refractivity (Wildman–Crippen MR) is 79.6 cm³/mol. The lowest BCUT2D eigenvalue weighted by Crippen LogP contribution is -2.17. The van der Waals surface area contributed by atoms with Crippen LogP contribution in [0.1, 0.15) is 16.4 Å². The summed E-state index contributed by atoms with van der Waals surface area (Å²) >= 11 is 5.80. The van der Waals surface area contributed by atoms with Crippen molar-refractivity contribution in [1.82, 2.24) is 0 Å². The van der Waals surface area contributed by atoms with Crippen molar-refractivity contribution in [3.63, 3.8) is 0 Å². The normalized spacial score (nSPS) is 13.2. The molecule has 1 unspecified atom stereocenters. The Labute approximate surface area is 123 Å². The number of halogens is 1. The molecule has 0 heterocycles. The zero-order chi connectivity index (χ0) is 14.8. The summed E-state index contributed by atoms with van der Waals surface area (Å²) in [7, 11) is -3.63. The highest BCUT2D eigenvalue weighted by atomic mass is 35.5. The molecular formula is C15H15ClO3S. The lowest BCUT2D eigenvalue weighted by molar-refractivity contribution is 0.291. The average Bonchev–Trinajstić information content (AvgIpc) is 2.42. The molecule has 0 amide bonds. The second-order valence-corrected chi connectivity index (χ2v) is 7.15. The van der Waals surface area contributed by atoms with Crippen LogP contribution >= 0.6 is 11.6 Å². The van der Waals surface area contributed by atoms with Crippen molar-refractivity contribution in [2.75, 3.05) is 6.61 Å². The fourth-order valence-electron chi connectivity index (χ4n) is 1.95. The summed E-state index contributed by atoms with van der Waals surface area (Å²) in [6.07, 6.45) is 0. The molecule has 1 N–H and O–H groups in total. The number of benzene rings is 2. The van der Waals surface area contributed by atoms with Crippen LogP contribution < -0.4 is 0 Å². The third-order valence-corrected chi connectivity index (χ3v) is 5.48. The zero-order valence-corrected chi connectivity index (χ0v) is 12.5. The molecule has 2 aromatic carbocycles. The maximum Gasteiger partial charge on any atom is 0.187 e. The van der Waals surface area contributed by atoms with Crippen LogP contribution in [0.15, 0.2) is 53.4 Å². The third-order valence-electron chi connectivity index (χ3n) is 3.13. The van der Waals surface area contributed by atoms with Gasteiger partial charge in [0.1, 0.15) is 5.25 Å². The van der Waals surface area contributed by atoms with Gasteiger partial charge in [0.05, 0.1) is 11.5 Å². The number of aliphatic hydroxyl groups is 1. The van der Waals surface area contributed by atoms with E-state index in [0.717, 1.165) is 5.56 Å². The summed E-state index contributed by atoms with van der Waals surface area (Å²) in [4.78, 5) is 0.206. The van der Waals surface area contributed by atoms with Crippen LogP contribution in [0, 0.1) is 6.92 Å². The molecule has 0 aromatic heterocycles. The third kappa shape index (κ3) is 3.03. The molecule has 0 aliphatic carbocycles. The number of rotatable bonds is 4. The standard InChI is InChI=1S/C15H15ClO3S/c1-11-2-8-14(9-3-11)20(18,19)15(10-17)12-4-6-13(16)7-5-12/h2-9,15,17H,10H2,1H3. The van der Waals surface area contributed by atoms with Gasteiger partial charge in [-0.05, 0) is 36.8 Å². The second kappa shape index (κ2) is 5.95. The monoisotopic (exact) mass is 310 g/mol. The van der Waals surface area contributed by atoms with Crippen molar-refractivity contribution >= 4 is 21.4 Å². The van der Waals surface area contributed by atoms with E-state index in [4.69, 9.17) is 11.6 Å². The highest BCUT2D eigenvalue weighted by Gasteiger charge is 2.28. The molecule has 3 nitrogen and oxygen atoms in total. The molecule has 0 saturated carbocycles. The summed E-state index contributed by atoms with van der Waals surface area (Å²) in [5.74, 6) is 0. The fourth-order valence-corrected chi connectivity index (χ4v) is 3.63. The summed E-state index contributed by atoms with van der Waals surface area (Å²) < 4.78 is 25.1. The van der Waals surface area contributed by atoms with E-state index in [1.807, 2.05) is 6.92 Å². The van der Waals surface area contributed by atoms with Gasteiger partial charge in [-0.1, -0.05) is 41.4 Å². The van der Waals surface area contributed by atoms with Crippen molar-refractivity contribution in [2.24, 2.45) is 0 Å². The topological polar surface area (TPSA) is 54.4 Å². The minimum absolute atomic E-state index is 0.206. The van der Waals surface area contributed by atoms with Crippen LogP contribution in [0.3, 0.4) is 0 Å². The van der Waals surface area contributed by atoms with Gasteiger partial charge < -0.3 is 5.11 Å². The molecule has 0 bridgehead atoms. The molecule has 0 fully saturated rings. The smallest absolute Gasteiger partial charge is 0.187 e. The van der Waals surface area contributed by atoms with Gasteiger partial charge in [0, 0.05) is 5.02 Å². The first-order valence-corrected chi connectivity index (χ1v) is 8.04. The van der Waals surface area contributed by atoms with Crippen LogP contribution in [0.5, 0.6) is 0 Å². The van der Waals surface area contributed by atoms with Crippen LogP contribution in [-0.4, -0.2) is 20.1 Å². The van der Waals surface area contributed by atoms with Crippen molar-refractivity contribution in [2.45, 2.75) is 17.1 Å². The molecule has 0 saturated heterocycles. The Kier molecular flexibility index (Phi) is 4.48. The van der Waals surface area contributed by atoms with Crippen LogP contribution in [0.4, 0.5) is 0 Å². The molecule has 0 radical (unpaired) electrons. The Bertz CT molecular complexity index is 676. The maximum absolute atomic E-state index is 12.6. The summed E-state index contributed by atoms with van der Waals surface area (Å²) in [5, 5.41) is 9.03. The second-order valence-electron chi connectivity index (χ2n) is 4.58. The summed E-state index contributed by atoms with van der Waals surface area (Å²) in [5.41, 5.74) is 1.51. The molecule has 0 spiro atoms. The van der Waals surface area contributed by atoms with Gasteiger partial charge in [0.2, 0.25) is 0 Å². The number of sulfone groups is 1. The van der Waals surface area contributed by atoms with Crippen molar-refractivity contribution in [3.05, 3.63) is 64.7 Å². The minimum Gasteiger partial charge on any atom is -0.395 e. The van der Waals surface area contributed by atoms with E-state index in [9.17, 15) is 13.5 Å². The molecular weight excluding hydrogens is 296 g/mol. The summed E-state index contributed by atoms with van der Waals surface area (Å²) in [6, 6.07) is 13.1. The lowest BCUT2D eigenvalue weighted by atomic mass is 10.1. The Morgan fingerprint density at radius 2 is 1.60 bits per heavy atom. The van der Waals surface area contributed by atoms with Gasteiger partial charge in [0.15, 0.2) is 9.84 Å². The number of hydrogen-bond donors (Lipinski definition) is 1. The average molecular weight is 311 g/mol. The van der Waals surface area contributed by atoms with Gasteiger partial charge in [-0.25, -0.2) is 8.42 Å². The molecule has 2 rings (SSSR count). The van der Waals surface area contributed by atoms with Crippen molar-refractivity contribution in [3.8, 4) is 0 Å². The maximum atomic E-state index is 12.6. The van der Waals surface area contributed by atoms with E-state index in [1.54, 1.807) is 48.5 Å². The van der Waals surface area contributed by atoms with Crippen LogP contribution in [-0.2, 0) is 9.84 Å². The Hall–Kier alpha value is -1.36. The minimum atomic E-state index is -3.63. The molecule has 2 aromatic rings. The largest absolute Gasteiger partial charge is 0.395 e. The van der Waals surface area contributed by atoms with E-state index in [-0.39, 0.29) is 4.90 Å². The van der Waals surface area contributed by atoms with Gasteiger partial charge in [-0.15, -0.1) is 0 Å². The first-order chi connectivity index (χ1) is 9.45. The van der Waals surface area contributed by atoms with E-state index >= 15 is 0 Å². The quantitative estimate of drug-likeness (QED) is 0.943. The first kappa shape index (κ1) is 15.0. The van der Waals surface area contributed by atoms with Gasteiger partial charge in [-0.2, -0.15) is 0 Å². The molecule has 1 atom stereocenters. The zero-order valence-electron chi connectivity index (χ0n) is 11.0.